The first-order valence-electron chi connectivity index (χ1n) is 5.37. The van der Waals surface area contributed by atoms with Crippen molar-refractivity contribution >= 4 is 23.1 Å². The Morgan fingerprint density at radius 1 is 1.41 bits per heavy atom. The fourth-order valence-electron chi connectivity index (χ4n) is 1.51. The second-order valence-corrected chi connectivity index (χ2v) is 6.12. The molecule has 0 aliphatic rings. The summed E-state index contributed by atoms with van der Waals surface area (Å²) >= 11 is 1.66. The van der Waals surface area contributed by atoms with E-state index in [2.05, 4.69) is 19.2 Å². The molecule has 0 spiro atoms. The van der Waals surface area contributed by atoms with Crippen molar-refractivity contribution in [1.82, 2.24) is 5.32 Å². The molecule has 0 amide bonds. The minimum absolute atomic E-state index is 0.0254. The van der Waals surface area contributed by atoms with Gasteiger partial charge in [0.05, 0.1) is 0 Å². The van der Waals surface area contributed by atoms with Crippen molar-refractivity contribution in [2.24, 2.45) is 5.92 Å². The lowest BCUT2D eigenvalue weighted by Crippen LogP contribution is -2.27. The fraction of sp³-hybridized carbons (Fsp3) is 0.636. The Morgan fingerprint density at radius 2 is 2.12 bits per heavy atom. The van der Waals surface area contributed by atoms with Crippen molar-refractivity contribution in [2.45, 2.75) is 25.4 Å². The molecule has 0 aromatic carbocycles. The van der Waals surface area contributed by atoms with Crippen LogP contribution in [0.15, 0.2) is 17.5 Å². The quantitative estimate of drug-likeness (QED) is 0.782. The van der Waals surface area contributed by atoms with Crippen LogP contribution in [0, 0.1) is 5.92 Å². The van der Waals surface area contributed by atoms with E-state index in [1.54, 1.807) is 11.3 Å². The van der Waals surface area contributed by atoms with Crippen molar-refractivity contribution in [1.29, 1.82) is 0 Å². The number of halogens is 3. The molecule has 0 saturated carbocycles. The van der Waals surface area contributed by atoms with Crippen LogP contribution in [0.2, 0.25) is 0 Å². The molecule has 6 heteroatoms. The van der Waals surface area contributed by atoms with Crippen LogP contribution in [0.3, 0.4) is 0 Å². The summed E-state index contributed by atoms with van der Waals surface area (Å²) in [6, 6.07) is 4.12. The van der Waals surface area contributed by atoms with Crippen LogP contribution in [0.5, 0.6) is 0 Å². The first-order valence-corrected chi connectivity index (χ1v) is 7.24. The Bertz CT molecular complexity index is 309. The summed E-state index contributed by atoms with van der Waals surface area (Å²) in [6.45, 7) is 4.49. The predicted molar refractivity (Wildman–Crippen MR) is 68.4 cm³/mol. The first-order chi connectivity index (χ1) is 7.90. The van der Waals surface area contributed by atoms with Crippen LogP contribution >= 0.6 is 23.1 Å². The Kier molecular flexibility index (Phi) is 5.82. The average Bonchev–Trinajstić information content (AvgIpc) is 2.68. The van der Waals surface area contributed by atoms with Crippen molar-refractivity contribution in [2.75, 3.05) is 12.3 Å². The third kappa shape index (κ3) is 5.79. The molecule has 0 fully saturated rings. The summed E-state index contributed by atoms with van der Waals surface area (Å²) in [5.74, 6) is 0.419. The Morgan fingerprint density at radius 3 is 2.59 bits per heavy atom. The molecule has 1 aromatic heterocycles. The largest absolute Gasteiger partial charge is 0.441 e. The number of alkyl halides is 3. The molecule has 17 heavy (non-hydrogen) atoms. The highest BCUT2D eigenvalue weighted by molar-refractivity contribution is 8.00. The zero-order valence-corrected chi connectivity index (χ0v) is 11.4. The summed E-state index contributed by atoms with van der Waals surface area (Å²) in [5, 5.41) is 5.17. The van der Waals surface area contributed by atoms with Crippen molar-refractivity contribution in [3.63, 3.8) is 0 Å². The molecule has 1 nitrogen and oxygen atoms in total. The van der Waals surface area contributed by atoms with Gasteiger partial charge in [-0.25, -0.2) is 0 Å². The molecule has 0 bridgehead atoms. The van der Waals surface area contributed by atoms with Gasteiger partial charge in [0.25, 0.3) is 0 Å². The summed E-state index contributed by atoms with van der Waals surface area (Å²) < 4.78 is 35.8. The molecule has 1 aromatic rings. The normalized spacial score (nSPS) is 14.2. The van der Waals surface area contributed by atoms with E-state index < -0.39 is 5.51 Å². The van der Waals surface area contributed by atoms with E-state index in [1.165, 1.54) is 4.88 Å². The number of nitrogens with one attached hydrogen (secondary N) is 1. The summed E-state index contributed by atoms with van der Waals surface area (Å²) in [5.41, 5.74) is -4.13. The van der Waals surface area contributed by atoms with Gasteiger partial charge in [-0.05, 0) is 29.1 Å². The van der Waals surface area contributed by atoms with E-state index in [1.807, 2.05) is 17.5 Å². The number of hydrogen-bond donors (Lipinski definition) is 1. The molecule has 98 valence electrons. The van der Waals surface area contributed by atoms with Crippen molar-refractivity contribution < 1.29 is 13.2 Å². The summed E-state index contributed by atoms with van der Waals surface area (Å²) in [6.07, 6.45) is 0. The number of thiophene rings is 1. The van der Waals surface area contributed by atoms with Gasteiger partial charge in [0.1, 0.15) is 0 Å². The first kappa shape index (κ1) is 14.9. The molecule has 1 atom stereocenters. The van der Waals surface area contributed by atoms with E-state index in [0.29, 0.717) is 12.5 Å². The number of hydrogen-bond acceptors (Lipinski definition) is 3. The second-order valence-electron chi connectivity index (χ2n) is 3.99. The zero-order valence-electron chi connectivity index (χ0n) is 9.75. The maximum Gasteiger partial charge on any atom is 0.441 e. The molecular weight excluding hydrogens is 267 g/mol. The van der Waals surface area contributed by atoms with E-state index in [0.717, 1.165) is 0 Å². The molecular formula is C11H16F3NS2. The predicted octanol–water partition coefficient (Wildman–Crippen LogP) is 4.29. The molecule has 1 unspecified atom stereocenters. The lowest BCUT2D eigenvalue weighted by Gasteiger charge is -2.21. The van der Waals surface area contributed by atoms with Gasteiger partial charge < -0.3 is 5.32 Å². The lowest BCUT2D eigenvalue weighted by atomic mass is 10.0. The van der Waals surface area contributed by atoms with Crippen LogP contribution in [0.25, 0.3) is 0 Å². The topological polar surface area (TPSA) is 12.0 Å². The highest BCUT2D eigenvalue weighted by Crippen LogP contribution is 2.30. The van der Waals surface area contributed by atoms with Gasteiger partial charge in [-0.3, -0.25) is 0 Å². The molecule has 0 saturated heterocycles. The highest BCUT2D eigenvalue weighted by Gasteiger charge is 2.27. The maximum absolute atomic E-state index is 11.9. The standard InChI is InChI=1S/C11H16F3NS2/c1-8(2)10(9-4-3-6-16-9)15-5-7-17-11(12,13)14/h3-4,6,8,10,15H,5,7H2,1-2H3. The Hall–Kier alpha value is -0.200. The minimum atomic E-state index is -4.13. The van der Waals surface area contributed by atoms with Gasteiger partial charge in [-0.2, -0.15) is 13.2 Å². The molecule has 1 rings (SSSR count). The van der Waals surface area contributed by atoms with Crippen molar-refractivity contribution in [3.05, 3.63) is 22.4 Å². The Labute approximate surface area is 108 Å². The van der Waals surface area contributed by atoms with Crippen LogP contribution < -0.4 is 5.32 Å². The van der Waals surface area contributed by atoms with Crippen LogP contribution in [-0.4, -0.2) is 17.8 Å². The van der Waals surface area contributed by atoms with Crippen molar-refractivity contribution in [3.8, 4) is 0 Å². The Balaban J connectivity index is 2.37. The summed E-state index contributed by atoms with van der Waals surface area (Å²) in [7, 11) is 0. The zero-order chi connectivity index (χ0) is 12.9. The molecule has 0 radical (unpaired) electrons. The van der Waals surface area contributed by atoms with Gasteiger partial charge in [-0.1, -0.05) is 19.9 Å². The molecule has 0 aliphatic heterocycles. The fourth-order valence-corrected chi connectivity index (χ4v) is 2.94. The van der Waals surface area contributed by atoms with Gasteiger partial charge in [0.15, 0.2) is 0 Å². The van der Waals surface area contributed by atoms with E-state index in [4.69, 9.17) is 0 Å². The van der Waals surface area contributed by atoms with E-state index in [9.17, 15) is 13.2 Å². The second kappa shape index (κ2) is 6.66. The van der Waals surface area contributed by atoms with E-state index >= 15 is 0 Å². The molecule has 1 heterocycles. The SMILES string of the molecule is CC(C)C(NCCSC(F)(F)F)c1cccs1. The van der Waals surface area contributed by atoms with Gasteiger partial charge in [-0.15, -0.1) is 11.3 Å². The smallest absolute Gasteiger partial charge is 0.308 e. The third-order valence-electron chi connectivity index (χ3n) is 2.25. The molecule has 0 aliphatic carbocycles. The van der Waals surface area contributed by atoms with Crippen LogP contribution in [0.1, 0.15) is 24.8 Å². The average molecular weight is 283 g/mol. The van der Waals surface area contributed by atoms with Gasteiger partial charge in [0, 0.05) is 23.2 Å². The lowest BCUT2D eigenvalue weighted by molar-refractivity contribution is -0.0327. The van der Waals surface area contributed by atoms with E-state index in [-0.39, 0.29) is 23.6 Å². The monoisotopic (exact) mass is 283 g/mol. The minimum Gasteiger partial charge on any atom is -0.308 e. The number of thioether (sulfide) groups is 1. The summed E-state index contributed by atoms with van der Waals surface area (Å²) in [4.78, 5) is 1.18. The molecule has 1 N–H and O–H groups in total. The number of rotatable bonds is 6. The van der Waals surface area contributed by atoms with Crippen LogP contribution in [-0.2, 0) is 0 Å². The van der Waals surface area contributed by atoms with Gasteiger partial charge in [0.2, 0.25) is 0 Å². The third-order valence-corrected chi connectivity index (χ3v) is 3.94. The highest BCUT2D eigenvalue weighted by atomic mass is 32.2. The maximum atomic E-state index is 11.9. The van der Waals surface area contributed by atoms with Gasteiger partial charge >= 0.3 is 5.51 Å². The van der Waals surface area contributed by atoms with Crippen LogP contribution in [0.4, 0.5) is 13.2 Å².